The van der Waals surface area contributed by atoms with E-state index in [-0.39, 0.29) is 0 Å². The van der Waals surface area contributed by atoms with Crippen molar-refractivity contribution >= 4 is 0 Å². The van der Waals surface area contributed by atoms with Crippen molar-refractivity contribution in [2.75, 3.05) is 0 Å². The summed E-state index contributed by atoms with van der Waals surface area (Å²) >= 11 is 0. The molecule has 6 atom stereocenters. The van der Waals surface area contributed by atoms with E-state index in [0.29, 0.717) is 12.2 Å². The second kappa shape index (κ2) is 2.50. The van der Waals surface area contributed by atoms with Crippen LogP contribution >= 0.6 is 0 Å². The first kappa shape index (κ1) is 8.28. The van der Waals surface area contributed by atoms with Gasteiger partial charge in [0.1, 0.15) is 0 Å². The number of fused-ring (bicyclic) bond motifs is 5. The molecule has 74 valence electrons. The molecule has 0 aromatic heterocycles. The van der Waals surface area contributed by atoms with Crippen molar-refractivity contribution in [2.45, 2.75) is 45.8 Å². The lowest BCUT2D eigenvalue weighted by atomic mass is 9.69. The van der Waals surface area contributed by atoms with Crippen molar-refractivity contribution in [3.8, 4) is 0 Å². The molecule has 6 unspecified atom stereocenters. The molecule has 2 bridgehead atoms. The summed E-state index contributed by atoms with van der Waals surface area (Å²) in [7, 11) is 0. The SMILES string of the molecule is CC(C)C1CC2CC1C1C(C)OC21. The summed E-state index contributed by atoms with van der Waals surface area (Å²) < 4.78 is 5.82. The van der Waals surface area contributed by atoms with Crippen LogP contribution in [0.15, 0.2) is 0 Å². The molecule has 0 spiro atoms. The number of ether oxygens (including phenoxy) is 1. The Morgan fingerprint density at radius 3 is 2.62 bits per heavy atom. The minimum Gasteiger partial charge on any atom is -0.374 e. The van der Waals surface area contributed by atoms with Gasteiger partial charge in [-0.3, -0.25) is 0 Å². The molecule has 2 aliphatic carbocycles. The lowest BCUT2D eigenvalue weighted by molar-refractivity contribution is -0.206. The summed E-state index contributed by atoms with van der Waals surface area (Å²) in [6.07, 6.45) is 4.18. The largest absolute Gasteiger partial charge is 0.374 e. The van der Waals surface area contributed by atoms with Crippen molar-refractivity contribution in [1.82, 2.24) is 0 Å². The maximum atomic E-state index is 5.82. The van der Waals surface area contributed by atoms with E-state index in [4.69, 9.17) is 4.74 Å². The highest BCUT2D eigenvalue weighted by Gasteiger charge is 2.60. The van der Waals surface area contributed by atoms with Gasteiger partial charge >= 0.3 is 0 Å². The first-order valence-electron chi connectivity index (χ1n) is 5.84. The summed E-state index contributed by atoms with van der Waals surface area (Å²) in [6, 6.07) is 0. The fraction of sp³-hybridized carbons (Fsp3) is 1.00. The Hall–Kier alpha value is -0.0400. The number of hydrogen-bond acceptors (Lipinski definition) is 1. The zero-order valence-corrected chi connectivity index (χ0v) is 8.86. The van der Waals surface area contributed by atoms with Gasteiger partial charge in [-0.15, -0.1) is 0 Å². The third kappa shape index (κ3) is 0.918. The first-order chi connectivity index (χ1) is 6.18. The number of rotatable bonds is 1. The van der Waals surface area contributed by atoms with Crippen LogP contribution in [-0.2, 0) is 4.74 Å². The molecule has 1 heteroatoms. The minimum atomic E-state index is 0.571. The maximum Gasteiger partial charge on any atom is 0.0662 e. The quantitative estimate of drug-likeness (QED) is 0.603. The van der Waals surface area contributed by atoms with Crippen LogP contribution in [0.1, 0.15) is 33.6 Å². The zero-order chi connectivity index (χ0) is 9.16. The van der Waals surface area contributed by atoms with E-state index >= 15 is 0 Å². The van der Waals surface area contributed by atoms with E-state index in [0.717, 1.165) is 29.6 Å². The monoisotopic (exact) mass is 180 g/mol. The molecule has 3 aliphatic rings. The topological polar surface area (TPSA) is 9.23 Å². The van der Waals surface area contributed by atoms with Crippen molar-refractivity contribution in [1.29, 1.82) is 0 Å². The average molecular weight is 180 g/mol. The molecule has 1 heterocycles. The molecule has 13 heavy (non-hydrogen) atoms. The van der Waals surface area contributed by atoms with E-state index in [2.05, 4.69) is 20.8 Å². The Balaban J connectivity index is 1.81. The molecule has 0 aromatic rings. The smallest absolute Gasteiger partial charge is 0.0662 e. The molecule has 1 nitrogen and oxygen atoms in total. The van der Waals surface area contributed by atoms with Gasteiger partial charge in [0, 0.05) is 5.92 Å². The van der Waals surface area contributed by atoms with Gasteiger partial charge in [-0.2, -0.15) is 0 Å². The average Bonchev–Trinajstić information content (AvgIpc) is 2.54. The molecular formula is C12H20O. The number of hydrogen-bond donors (Lipinski definition) is 0. The first-order valence-corrected chi connectivity index (χ1v) is 5.84. The fourth-order valence-electron chi connectivity index (χ4n) is 4.25. The second-order valence-corrected chi connectivity index (χ2v) is 5.69. The zero-order valence-electron chi connectivity index (χ0n) is 8.86. The predicted molar refractivity (Wildman–Crippen MR) is 52.4 cm³/mol. The van der Waals surface area contributed by atoms with Gasteiger partial charge in [-0.05, 0) is 43.4 Å². The van der Waals surface area contributed by atoms with Crippen LogP contribution in [0.4, 0.5) is 0 Å². The van der Waals surface area contributed by atoms with Crippen LogP contribution in [0.5, 0.6) is 0 Å². The Labute approximate surface area is 80.8 Å². The summed E-state index contributed by atoms with van der Waals surface area (Å²) in [5, 5.41) is 0. The molecule has 1 aliphatic heterocycles. The highest BCUT2D eigenvalue weighted by Crippen LogP contribution is 2.60. The second-order valence-electron chi connectivity index (χ2n) is 5.69. The van der Waals surface area contributed by atoms with Crippen LogP contribution in [0.25, 0.3) is 0 Å². The van der Waals surface area contributed by atoms with Crippen molar-refractivity contribution < 1.29 is 4.74 Å². The van der Waals surface area contributed by atoms with E-state index < -0.39 is 0 Å². The van der Waals surface area contributed by atoms with Crippen LogP contribution in [0, 0.1) is 29.6 Å². The molecule has 3 rings (SSSR count). The van der Waals surface area contributed by atoms with Crippen molar-refractivity contribution in [3.05, 3.63) is 0 Å². The van der Waals surface area contributed by atoms with E-state index in [9.17, 15) is 0 Å². The standard InChI is InChI=1S/C12H20O/c1-6(2)9-4-8-5-10(9)11-7(3)13-12(8)11/h6-12H,4-5H2,1-3H3. The summed E-state index contributed by atoms with van der Waals surface area (Å²) in [5.74, 6) is 4.78. The summed E-state index contributed by atoms with van der Waals surface area (Å²) in [4.78, 5) is 0. The lowest BCUT2D eigenvalue weighted by Gasteiger charge is -2.49. The normalized spacial score (nSPS) is 58.2. The van der Waals surface area contributed by atoms with E-state index in [1.54, 1.807) is 0 Å². The summed E-state index contributed by atoms with van der Waals surface area (Å²) in [6.45, 7) is 7.05. The maximum absolute atomic E-state index is 5.82. The van der Waals surface area contributed by atoms with Gasteiger partial charge in [-0.25, -0.2) is 0 Å². The Kier molecular flexibility index (Phi) is 1.59. The van der Waals surface area contributed by atoms with E-state index in [1.807, 2.05) is 0 Å². The summed E-state index contributed by atoms with van der Waals surface area (Å²) in [5.41, 5.74) is 0. The fourth-order valence-corrected chi connectivity index (χ4v) is 4.25. The Bertz CT molecular complexity index is 216. The van der Waals surface area contributed by atoms with Gasteiger partial charge in [-0.1, -0.05) is 13.8 Å². The van der Waals surface area contributed by atoms with Crippen molar-refractivity contribution in [3.63, 3.8) is 0 Å². The van der Waals surface area contributed by atoms with Crippen LogP contribution in [0.2, 0.25) is 0 Å². The van der Waals surface area contributed by atoms with Gasteiger partial charge in [0.05, 0.1) is 12.2 Å². The van der Waals surface area contributed by atoms with Crippen LogP contribution in [0.3, 0.4) is 0 Å². The van der Waals surface area contributed by atoms with Crippen molar-refractivity contribution in [2.24, 2.45) is 29.6 Å². The minimum absolute atomic E-state index is 0.571. The molecule has 0 aromatic carbocycles. The highest BCUT2D eigenvalue weighted by atomic mass is 16.5. The Morgan fingerprint density at radius 1 is 1.23 bits per heavy atom. The molecule has 2 saturated carbocycles. The van der Waals surface area contributed by atoms with Crippen LogP contribution in [-0.4, -0.2) is 12.2 Å². The predicted octanol–water partition coefficient (Wildman–Crippen LogP) is 2.70. The third-order valence-electron chi connectivity index (χ3n) is 4.81. The molecule has 3 fully saturated rings. The molecule has 1 saturated heterocycles. The highest BCUT2D eigenvalue weighted by molar-refractivity contribution is 5.08. The molecule has 0 N–H and O–H groups in total. The van der Waals surface area contributed by atoms with Gasteiger partial charge in [0.25, 0.3) is 0 Å². The molecular weight excluding hydrogens is 160 g/mol. The molecule has 0 radical (unpaired) electrons. The van der Waals surface area contributed by atoms with Gasteiger partial charge < -0.3 is 4.74 Å². The van der Waals surface area contributed by atoms with Crippen LogP contribution < -0.4 is 0 Å². The lowest BCUT2D eigenvalue weighted by Crippen LogP contribution is -2.52. The Morgan fingerprint density at radius 2 is 2.00 bits per heavy atom. The van der Waals surface area contributed by atoms with Gasteiger partial charge in [0.15, 0.2) is 0 Å². The van der Waals surface area contributed by atoms with E-state index in [1.165, 1.54) is 12.8 Å². The molecule has 0 amide bonds. The third-order valence-corrected chi connectivity index (χ3v) is 4.81. The van der Waals surface area contributed by atoms with Gasteiger partial charge in [0.2, 0.25) is 0 Å².